The molecule has 1 N–H and O–H groups in total. The van der Waals surface area contributed by atoms with Crippen LogP contribution in [0.2, 0.25) is 0 Å². The molecule has 4 rings (SSSR count). The Morgan fingerprint density at radius 3 is 2.39 bits per heavy atom. The first-order chi connectivity index (χ1) is 15.2. The second-order valence-corrected chi connectivity index (χ2v) is 7.54. The van der Waals surface area contributed by atoms with Gasteiger partial charge in [0.15, 0.2) is 11.5 Å². The van der Waals surface area contributed by atoms with Crippen LogP contribution in [0.4, 0.5) is 5.82 Å². The summed E-state index contributed by atoms with van der Waals surface area (Å²) in [6, 6.07) is 15.3. The van der Waals surface area contributed by atoms with E-state index in [1.54, 1.807) is 32.5 Å². The van der Waals surface area contributed by atoms with Crippen molar-refractivity contribution < 1.29 is 19.0 Å². The van der Waals surface area contributed by atoms with Gasteiger partial charge in [0.05, 0.1) is 26.5 Å². The highest BCUT2D eigenvalue weighted by atomic mass is 16.5. The summed E-state index contributed by atoms with van der Waals surface area (Å²) in [5, 5.41) is 7.39. The number of rotatable bonds is 8. The van der Waals surface area contributed by atoms with E-state index in [1.807, 2.05) is 41.1 Å². The lowest BCUT2D eigenvalue weighted by Gasteiger charge is -2.17. The third kappa shape index (κ3) is 4.66. The minimum atomic E-state index is -0.258. The van der Waals surface area contributed by atoms with Gasteiger partial charge in [-0.1, -0.05) is 43.2 Å². The zero-order valence-electron chi connectivity index (χ0n) is 17.8. The third-order valence-corrected chi connectivity index (χ3v) is 5.53. The molecule has 162 valence electrons. The lowest BCUT2D eigenvalue weighted by molar-refractivity contribution is 0.102. The van der Waals surface area contributed by atoms with Gasteiger partial charge in [0.25, 0.3) is 5.91 Å². The van der Waals surface area contributed by atoms with Gasteiger partial charge in [0.2, 0.25) is 5.75 Å². The maximum Gasteiger partial charge on any atom is 0.257 e. The molecule has 0 spiro atoms. The predicted molar refractivity (Wildman–Crippen MR) is 118 cm³/mol. The number of anilines is 1. The SMILES string of the molecule is COc1cc(C(=O)Nc2ccnn2C2CCCC2)cc(OC)c1OCc1ccccc1. The van der Waals surface area contributed by atoms with Gasteiger partial charge >= 0.3 is 0 Å². The highest BCUT2D eigenvalue weighted by molar-refractivity contribution is 6.04. The maximum atomic E-state index is 13.0. The van der Waals surface area contributed by atoms with Gasteiger partial charge in [-0.25, -0.2) is 4.68 Å². The minimum absolute atomic E-state index is 0.258. The molecule has 1 saturated carbocycles. The molecule has 2 aromatic carbocycles. The van der Waals surface area contributed by atoms with Crippen LogP contribution in [-0.2, 0) is 6.61 Å². The Morgan fingerprint density at radius 2 is 1.74 bits per heavy atom. The second-order valence-electron chi connectivity index (χ2n) is 7.54. The van der Waals surface area contributed by atoms with Crippen molar-refractivity contribution in [1.82, 2.24) is 9.78 Å². The Hall–Kier alpha value is -3.48. The molecule has 0 saturated heterocycles. The first-order valence-electron chi connectivity index (χ1n) is 10.5. The lowest BCUT2D eigenvalue weighted by atomic mass is 10.1. The van der Waals surface area contributed by atoms with Crippen LogP contribution in [-0.4, -0.2) is 29.9 Å². The Bertz CT molecular complexity index is 1000. The number of ether oxygens (including phenoxy) is 3. The Morgan fingerprint density at radius 1 is 1.06 bits per heavy atom. The zero-order valence-corrected chi connectivity index (χ0v) is 17.8. The molecule has 0 atom stereocenters. The van der Waals surface area contributed by atoms with E-state index < -0.39 is 0 Å². The van der Waals surface area contributed by atoms with Crippen LogP contribution in [0, 0.1) is 0 Å². The van der Waals surface area contributed by atoms with Crippen LogP contribution in [0.3, 0.4) is 0 Å². The summed E-state index contributed by atoms with van der Waals surface area (Å²) in [7, 11) is 3.09. The molecule has 1 aliphatic rings. The van der Waals surface area contributed by atoms with Crippen molar-refractivity contribution in [2.75, 3.05) is 19.5 Å². The number of nitrogens with zero attached hydrogens (tertiary/aromatic N) is 2. The molecule has 1 amide bonds. The predicted octanol–water partition coefficient (Wildman–Crippen LogP) is 4.85. The van der Waals surface area contributed by atoms with E-state index in [4.69, 9.17) is 14.2 Å². The van der Waals surface area contributed by atoms with Crippen molar-refractivity contribution in [2.24, 2.45) is 0 Å². The number of hydrogen-bond acceptors (Lipinski definition) is 5. The average Bonchev–Trinajstić information content (AvgIpc) is 3.49. The molecule has 1 fully saturated rings. The molecule has 0 radical (unpaired) electrons. The first-order valence-corrected chi connectivity index (χ1v) is 10.5. The number of nitrogens with one attached hydrogen (secondary N) is 1. The molecule has 0 bridgehead atoms. The summed E-state index contributed by atoms with van der Waals surface area (Å²) in [6.07, 6.45) is 6.27. The highest BCUT2D eigenvalue weighted by Gasteiger charge is 2.22. The Labute approximate surface area is 181 Å². The van der Waals surface area contributed by atoms with E-state index in [9.17, 15) is 4.79 Å². The van der Waals surface area contributed by atoms with Crippen LogP contribution < -0.4 is 19.5 Å². The fourth-order valence-electron chi connectivity index (χ4n) is 3.92. The Balaban J connectivity index is 1.54. The molecule has 0 unspecified atom stereocenters. The molecule has 1 aromatic heterocycles. The number of benzene rings is 2. The van der Waals surface area contributed by atoms with Gasteiger partial charge in [-0.15, -0.1) is 0 Å². The van der Waals surface area contributed by atoms with Crippen molar-refractivity contribution >= 4 is 11.7 Å². The third-order valence-electron chi connectivity index (χ3n) is 5.53. The largest absolute Gasteiger partial charge is 0.493 e. The molecule has 7 heteroatoms. The van der Waals surface area contributed by atoms with Gasteiger partial charge < -0.3 is 19.5 Å². The van der Waals surface area contributed by atoms with Crippen LogP contribution in [0.5, 0.6) is 17.2 Å². The van der Waals surface area contributed by atoms with Gasteiger partial charge in [-0.05, 0) is 30.5 Å². The quantitative estimate of drug-likeness (QED) is 0.563. The number of aromatic nitrogens is 2. The van der Waals surface area contributed by atoms with Crippen molar-refractivity contribution in [1.29, 1.82) is 0 Å². The fraction of sp³-hybridized carbons (Fsp3) is 0.333. The zero-order chi connectivity index (χ0) is 21.6. The van der Waals surface area contributed by atoms with E-state index >= 15 is 0 Å². The van der Waals surface area contributed by atoms with Crippen molar-refractivity contribution in [3.05, 3.63) is 65.9 Å². The molecular formula is C24H27N3O4. The number of methoxy groups -OCH3 is 2. The van der Waals surface area contributed by atoms with E-state index in [1.165, 1.54) is 12.8 Å². The van der Waals surface area contributed by atoms with Gasteiger partial charge in [-0.2, -0.15) is 5.10 Å². The highest BCUT2D eigenvalue weighted by Crippen LogP contribution is 2.39. The normalized spacial score (nSPS) is 13.7. The summed E-state index contributed by atoms with van der Waals surface area (Å²) in [6.45, 7) is 0.361. The van der Waals surface area contributed by atoms with Gasteiger partial charge in [-0.3, -0.25) is 4.79 Å². The number of carbonyl (C=O) groups is 1. The molecular weight excluding hydrogens is 394 g/mol. The monoisotopic (exact) mass is 421 g/mol. The van der Waals surface area contributed by atoms with Crippen molar-refractivity contribution in [2.45, 2.75) is 38.3 Å². The minimum Gasteiger partial charge on any atom is -0.493 e. The summed E-state index contributed by atoms with van der Waals surface area (Å²) in [5.41, 5.74) is 1.44. The van der Waals surface area contributed by atoms with E-state index in [0.29, 0.717) is 41.3 Å². The maximum absolute atomic E-state index is 13.0. The standard InChI is InChI=1S/C24H27N3O4/c1-29-20-14-18(15-21(30-2)23(20)31-16-17-8-4-3-5-9-17)24(28)26-22-12-13-25-27(22)19-10-6-7-11-19/h3-5,8-9,12-15,19H,6-7,10-11,16H2,1-2H3,(H,26,28). The van der Waals surface area contributed by atoms with E-state index in [2.05, 4.69) is 10.4 Å². The van der Waals surface area contributed by atoms with Gasteiger partial charge in [0.1, 0.15) is 12.4 Å². The van der Waals surface area contributed by atoms with Crippen LogP contribution in [0.15, 0.2) is 54.7 Å². The van der Waals surface area contributed by atoms with Gasteiger partial charge in [0, 0.05) is 11.6 Å². The summed E-state index contributed by atoms with van der Waals surface area (Å²) in [4.78, 5) is 13.0. The Kier molecular flexibility index (Phi) is 6.40. The van der Waals surface area contributed by atoms with Crippen molar-refractivity contribution in [3.8, 4) is 17.2 Å². The first kappa shape index (κ1) is 20.8. The smallest absolute Gasteiger partial charge is 0.257 e. The van der Waals surface area contributed by atoms with Crippen LogP contribution >= 0.6 is 0 Å². The van der Waals surface area contributed by atoms with Crippen molar-refractivity contribution in [3.63, 3.8) is 0 Å². The van der Waals surface area contributed by atoms with E-state index in [0.717, 1.165) is 18.4 Å². The number of carbonyl (C=O) groups excluding carboxylic acids is 1. The van der Waals surface area contributed by atoms with E-state index in [-0.39, 0.29) is 5.91 Å². The van der Waals surface area contributed by atoms with Crippen LogP contribution in [0.1, 0.15) is 47.6 Å². The lowest BCUT2D eigenvalue weighted by Crippen LogP contribution is -2.18. The summed E-state index contributed by atoms with van der Waals surface area (Å²) in [5.74, 6) is 1.76. The average molecular weight is 421 g/mol. The number of hydrogen-bond donors (Lipinski definition) is 1. The molecule has 1 aliphatic carbocycles. The molecule has 0 aliphatic heterocycles. The molecule has 31 heavy (non-hydrogen) atoms. The summed E-state index contributed by atoms with van der Waals surface area (Å²) >= 11 is 0. The topological polar surface area (TPSA) is 74.6 Å². The fourth-order valence-corrected chi connectivity index (χ4v) is 3.92. The molecule has 7 nitrogen and oxygen atoms in total. The second kappa shape index (κ2) is 9.55. The molecule has 3 aromatic rings. The molecule has 1 heterocycles. The number of amides is 1. The van der Waals surface area contributed by atoms with Crippen LogP contribution in [0.25, 0.3) is 0 Å². The summed E-state index contributed by atoms with van der Waals surface area (Å²) < 4.78 is 18.9.